The molecule has 2 saturated carbocycles. The molecule has 1 spiro atoms. The number of carbonyl (C=O) groups is 1. The van der Waals surface area contributed by atoms with Crippen LogP contribution in [0.4, 0.5) is 10.1 Å². The van der Waals surface area contributed by atoms with E-state index in [-0.39, 0.29) is 34.7 Å². The highest BCUT2D eigenvalue weighted by molar-refractivity contribution is 5.76. The third-order valence-electron chi connectivity index (χ3n) is 8.94. The fourth-order valence-corrected chi connectivity index (χ4v) is 7.34. The number of hydrogen-bond donors (Lipinski definition) is 1. The fourth-order valence-electron chi connectivity index (χ4n) is 7.34. The van der Waals surface area contributed by atoms with Gasteiger partial charge in [-0.05, 0) is 66.0 Å². The predicted molar refractivity (Wildman–Crippen MR) is 122 cm³/mol. The van der Waals surface area contributed by atoms with Gasteiger partial charge >= 0.3 is 0 Å². The van der Waals surface area contributed by atoms with Crippen LogP contribution in [0.2, 0.25) is 0 Å². The summed E-state index contributed by atoms with van der Waals surface area (Å²) in [6, 6.07) is 5.81. The molecule has 0 radical (unpaired) electrons. The number of amides is 1. The minimum Gasteiger partial charge on any atom is -0.378 e. The van der Waals surface area contributed by atoms with Gasteiger partial charge in [0.05, 0.1) is 25.0 Å². The summed E-state index contributed by atoms with van der Waals surface area (Å²) in [7, 11) is 0. The van der Waals surface area contributed by atoms with Crippen LogP contribution >= 0.6 is 0 Å². The Bertz CT molecular complexity index is 869. The number of rotatable bonds is 5. The normalized spacial score (nSPS) is 35.6. The van der Waals surface area contributed by atoms with E-state index in [9.17, 15) is 4.79 Å². The Labute approximate surface area is 191 Å². The first-order valence-electron chi connectivity index (χ1n) is 12.4. The summed E-state index contributed by atoms with van der Waals surface area (Å²) in [6.07, 6.45) is 4.52. The van der Waals surface area contributed by atoms with Crippen molar-refractivity contribution in [2.24, 2.45) is 22.7 Å². The molecular weight excluding hydrogens is 407 g/mol. The number of morpholine rings is 1. The number of ether oxygens (including phenoxy) is 2. The van der Waals surface area contributed by atoms with Gasteiger partial charge in [0.25, 0.3) is 0 Å². The van der Waals surface area contributed by atoms with Crippen molar-refractivity contribution in [3.63, 3.8) is 0 Å². The zero-order valence-corrected chi connectivity index (χ0v) is 19.7. The van der Waals surface area contributed by atoms with E-state index in [4.69, 9.17) is 9.47 Å². The Kier molecular flexibility index (Phi) is 5.73. The van der Waals surface area contributed by atoms with Crippen molar-refractivity contribution < 1.29 is 18.7 Å². The molecule has 2 saturated heterocycles. The lowest BCUT2D eigenvalue weighted by Gasteiger charge is -2.53. The molecular formula is C26H37FN2O3. The molecule has 5 rings (SSSR count). The van der Waals surface area contributed by atoms with Crippen molar-refractivity contribution >= 4 is 11.6 Å². The number of nitrogens with one attached hydrogen (secondary N) is 1. The van der Waals surface area contributed by atoms with Crippen LogP contribution in [0.5, 0.6) is 0 Å². The first-order valence-corrected chi connectivity index (χ1v) is 12.4. The van der Waals surface area contributed by atoms with Gasteiger partial charge < -0.3 is 19.7 Å². The van der Waals surface area contributed by atoms with E-state index in [1.807, 2.05) is 13.0 Å². The van der Waals surface area contributed by atoms with Crippen molar-refractivity contribution in [3.8, 4) is 0 Å². The van der Waals surface area contributed by atoms with Gasteiger partial charge in [0.1, 0.15) is 5.82 Å². The fraction of sp³-hybridized carbons (Fsp3) is 0.731. The zero-order valence-electron chi connectivity index (χ0n) is 19.7. The van der Waals surface area contributed by atoms with Crippen molar-refractivity contribution in [3.05, 3.63) is 29.6 Å². The van der Waals surface area contributed by atoms with Crippen LogP contribution in [-0.2, 0) is 14.3 Å². The van der Waals surface area contributed by atoms with Gasteiger partial charge in [-0.25, -0.2) is 4.39 Å². The molecule has 1 aromatic carbocycles. The summed E-state index contributed by atoms with van der Waals surface area (Å²) in [5.74, 6) is 0.857. The van der Waals surface area contributed by atoms with Crippen LogP contribution in [0.25, 0.3) is 0 Å². The number of halogens is 1. The second-order valence-corrected chi connectivity index (χ2v) is 10.9. The Morgan fingerprint density at radius 1 is 1.25 bits per heavy atom. The van der Waals surface area contributed by atoms with Gasteiger partial charge in [-0.3, -0.25) is 4.79 Å². The van der Waals surface area contributed by atoms with E-state index in [0.29, 0.717) is 43.8 Å². The summed E-state index contributed by atoms with van der Waals surface area (Å²) < 4.78 is 26.9. The quantitative estimate of drug-likeness (QED) is 0.729. The monoisotopic (exact) mass is 444 g/mol. The van der Waals surface area contributed by atoms with Crippen molar-refractivity contribution in [1.29, 1.82) is 0 Å². The van der Waals surface area contributed by atoms with Crippen LogP contribution in [0.3, 0.4) is 0 Å². The van der Waals surface area contributed by atoms with E-state index >= 15 is 4.39 Å². The summed E-state index contributed by atoms with van der Waals surface area (Å²) >= 11 is 0. The molecule has 1 N–H and O–H groups in total. The number of anilines is 1. The molecule has 5 nitrogen and oxygen atoms in total. The molecule has 1 unspecified atom stereocenters. The van der Waals surface area contributed by atoms with Gasteiger partial charge in [0.2, 0.25) is 5.91 Å². The summed E-state index contributed by atoms with van der Waals surface area (Å²) in [5.41, 5.74) is 1.71. The lowest BCUT2D eigenvalue weighted by Crippen LogP contribution is -2.58. The number of hydrogen-bond acceptors (Lipinski definition) is 4. The SMILES string of the molecule is CCCC(=O)N[C@H]1C(C)(C)[C@@H]2C[C@@H]3[C@@H](c4ccc(N5CCOCC5)c(F)c4)OCCC31C2. The highest BCUT2D eigenvalue weighted by Gasteiger charge is 2.68. The van der Waals surface area contributed by atoms with Gasteiger partial charge in [0.15, 0.2) is 0 Å². The molecule has 1 amide bonds. The van der Waals surface area contributed by atoms with Gasteiger partial charge in [-0.1, -0.05) is 26.8 Å². The Morgan fingerprint density at radius 3 is 2.75 bits per heavy atom. The third-order valence-corrected chi connectivity index (χ3v) is 8.94. The maximum Gasteiger partial charge on any atom is 0.220 e. The Hall–Kier alpha value is -1.66. The van der Waals surface area contributed by atoms with Crippen LogP contribution in [-0.4, -0.2) is 44.9 Å². The second-order valence-electron chi connectivity index (χ2n) is 10.9. The second kappa shape index (κ2) is 8.28. The molecule has 1 aromatic rings. The van der Waals surface area contributed by atoms with E-state index in [1.54, 1.807) is 6.07 Å². The third kappa shape index (κ3) is 3.45. The smallest absolute Gasteiger partial charge is 0.220 e. The number of fused-ring (bicyclic) bond motifs is 1. The van der Waals surface area contributed by atoms with Crippen LogP contribution in [0.15, 0.2) is 18.2 Å². The van der Waals surface area contributed by atoms with Crippen molar-refractivity contribution in [1.82, 2.24) is 5.32 Å². The predicted octanol–water partition coefficient (Wildman–Crippen LogP) is 4.46. The van der Waals surface area contributed by atoms with Crippen LogP contribution < -0.4 is 10.2 Å². The van der Waals surface area contributed by atoms with Crippen molar-refractivity contribution in [2.45, 2.75) is 65.0 Å². The molecule has 6 heteroatoms. The van der Waals surface area contributed by atoms with Crippen LogP contribution in [0, 0.1) is 28.5 Å². The highest BCUT2D eigenvalue weighted by Crippen LogP contribution is 2.70. The molecule has 2 aliphatic carbocycles. The first kappa shape index (κ1) is 22.1. The standard InChI is InChI=1S/C26H37FN2O3/c1-4-5-22(30)28-24-25(2,3)18-15-19-23(32-11-8-26(19,24)16-18)17-6-7-21(20(27)14-17)29-9-12-31-13-10-29/h6-7,14,18-19,23-24H,4-5,8-13,15-16H2,1-3H3,(H,28,30)/t18-,19-,23-,24+,26?/m1/s1. The topological polar surface area (TPSA) is 50.8 Å². The van der Waals surface area contributed by atoms with E-state index in [0.717, 1.165) is 44.3 Å². The molecule has 5 atom stereocenters. The van der Waals surface area contributed by atoms with E-state index < -0.39 is 0 Å². The first-order chi connectivity index (χ1) is 15.4. The summed E-state index contributed by atoms with van der Waals surface area (Å²) in [5, 5.41) is 3.44. The average Bonchev–Trinajstić information content (AvgIpc) is 3.27. The summed E-state index contributed by atoms with van der Waals surface area (Å²) in [6.45, 7) is 10.1. The highest BCUT2D eigenvalue weighted by atomic mass is 19.1. The number of nitrogens with zero attached hydrogens (tertiary/aromatic N) is 1. The summed E-state index contributed by atoms with van der Waals surface area (Å²) in [4.78, 5) is 14.7. The lowest BCUT2D eigenvalue weighted by atomic mass is 9.59. The molecule has 176 valence electrons. The number of benzene rings is 1. The molecule has 2 heterocycles. The van der Waals surface area contributed by atoms with Gasteiger partial charge in [-0.15, -0.1) is 0 Å². The molecule has 2 bridgehead atoms. The minimum atomic E-state index is -0.177. The van der Waals surface area contributed by atoms with Crippen LogP contribution in [0.1, 0.15) is 64.5 Å². The van der Waals surface area contributed by atoms with Gasteiger partial charge in [-0.2, -0.15) is 0 Å². The molecule has 4 fully saturated rings. The molecule has 0 aromatic heterocycles. The average molecular weight is 445 g/mol. The minimum absolute atomic E-state index is 0.0415. The Morgan fingerprint density at radius 2 is 2.03 bits per heavy atom. The maximum absolute atomic E-state index is 15.2. The number of carbonyl (C=O) groups excluding carboxylic acids is 1. The van der Waals surface area contributed by atoms with Crippen molar-refractivity contribution in [2.75, 3.05) is 37.8 Å². The molecule has 2 aliphatic heterocycles. The molecule has 32 heavy (non-hydrogen) atoms. The zero-order chi connectivity index (χ0) is 22.5. The van der Waals surface area contributed by atoms with E-state index in [2.05, 4.69) is 30.1 Å². The van der Waals surface area contributed by atoms with Gasteiger partial charge in [0, 0.05) is 32.2 Å². The maximum atomic E-state index is 15.2. The van der Waals surface area contributed by atoms with E-state index in [1.165, 1.54) is 0 Å². The largest absolute Gasteiger partial charge is 0.378 e. The lowest BCUT2D eigenvalue weighted by molar-refractivity contribution is -0.137. The molecule has 4 aliphatic rings. The Balaban J connectivity index is 1.42.